The van der Waals surface area contributed by atoms with Crippen LogP contribution in [-0.4, -0.2) is 30.9 Å². The topological polar surface area (TPSA) is 120 Å². The third-order valence-corrected chi connectivity index (χ3v) is 4.66. The van der Waals surface area contributed by atoms with Crippen LogP contribution in [0.5, 0.6) is 0 Å². The lowest BCUT2D eigenvalue weighted by atomic mass is 10.3. The molecule has 0 spiro atoms. The molecule has 3 N–H and O–H groups in total. The molecule has 0 amide bonds. The fourth-order valence-corrected chi connectivity index (χ4v) is 2.91. The van der Waals surface area contributed by atoms with Gasteiger partial charge in [-0.15, -0.1) is 0 Å². The first-order chi connectivity index (χ1) is 10.8. The van der Waals surface area contributed by atoms with Crippen molar-refractivity contribution in [2.45, 2.75) is 12.0 Å². The standard InChI is InChI=1S/C14H14N4O4S/c1-8-17-10-4-3-9(15)7-11(10)18(8)14(19)12-5-6-13(22-12)23(20,21)16-2/h3-7,16H,15H2,1-2H3. The molecule has 0 aliphatic carbocycles. The molecular formula is C14H14N4O4S. The Bertz CT molecular complexity index is 1020. The smallest absolute Gasteiger partial charge is 0.299 e. The third kappa shape index (κ3) is 2.49. The Balaban J connectivity index is 2.11. The van der Waals surface area contributed by atoms with Gasteiger partial charge < -0.3 is 10.2 Å². The lowest BCUT2D eigenvalue weighted by Crippen LogP contribution is -2.18. The third-order valence-electron chi connectivity index (χ3n) is 3.38. The Morgan fingerprint density at radius 1 is 1.30 bits per heavy atom. The zero-order valence-electron chi connectivity index (χ0n) is 12.4. The molecule has 8 nitrogen and oxygen atoms in total. The van der Waals surface area contributed by atoms with Crippen LogP contribution in [0.25, 0.3) is 11.0 Å². The Labute approximate surface area is 132 Å². The van der Waals surface area contributed by atoms with E-state index in [9.17, 15) is 13.2 Å². The molecule has 2 heterocycles. The second-order valence-electron chi connectivity index (χ2n) is 4.87. The van der Waals surface area contributed by atoms with Crippen LogP contribution in [0.2, 0.25) is 0 Å². The van der Waals surface area contributed by atoms with Gasteiger partial charge in [0.25, 0.3) is 15.9 Å². The van der Waals surface area contributed by atoms with Gasteiger partial charge in [0.2, 0.25) is 5.09 Å². The molecule has 3 aromatic rings. The first-order valence-electron chi connectivity index (χ1n) is 6.66. The molecule has 0 bridgehead atoms. The van der Waals surface area contributed by atoms with Crippen LogP contribution in [0.3, 0.4) is 0 Å². The van der Waals surface area contributed by atoms with Crippen LogP contribution in [-0.2, 0) is 10.0 Å². The summed E-state index contributed by atoms with van der Waals surface area (Å²) in [7, 11) is -2.49. The summed E-state index contributed by atoms with van der Waals surface area (Å²) in [6.07, 6.45) is 0. The minimum absolute atomic E-state index is 0.108. The van der Waals surface area contributed by atoms with Crippen molar-refractivity contribution in [3.63, 3.8) is 0 Å². The van der Waals surface area contributed by atoms with Crippen molar-refractivity contribution in [2.75, 3.05) is 12.8 Å². The van der Waals surface area contributed by atoms with E-state index < -0.39 is 15.9 Å². The molecule has 0 aliphatic rings. The summed E-state index contributed by atoms with van der Waals surface area (Å²) in [4.78, 5) is 16.9. The fraction of sp³-hybridized carbons (Fsp3) is 0.143. The van der Waals surface area contributed by atoms with Crippen LogP contribution in [0.1, 0.15) is 16.4 Å². The van der Waals surface area contributed by atoms with Gasteiger partial charge in [-0.2, -0.15) is 0 Å². The van der Waals surface area contributed by atoms with E-state index >= 15 is 0 Å². The number of hydrogen-bond acceptors (Lipinski definition) is 6. The lowest BCUT2D eigenvalue weighted by molar-refractivity contribution is 0.0929. The molecule has 0 fully saturated rings. The predicted molar refractivity (Wildman–Crippen MR) is 83.6 cm³/mol. The van der Waals surface area contributed by atoms with E-state index in [0.717, 1.165) is 0 Å². The number of benzene rings is 1. The number of rotatable bonds is 3. The highest BCUT2D eigenvalue weighted by Crippen LogP contribution is 2.22. The molecule has 0 saturated heterocycles. The Kier molecular flexibility index (Phi) is 3.46. The monoisotopic (exact) mass is 334 g/mol. The van der Waals surface area contributed by atoms with Gasteiger partial charge in [0.05, 0.1) is 11.0 Å². The molecule has 0 atom stereocenters. The summed E-state index contributed by atoms with van der Waals surface area (Å²) in [5, 5.41) is -0.329. The van der Waals surface area contributed by atoms with E-state index in [4.69, 9.17) is 10.2 Å². The number of nitrogens with one attached hydrogen (secondary N) is 1. The van der Waals surface area contributed by atoms with E-state index in [1.165, 1.54) is 23.7 Å². The first-order valence-corrected chi connectivity index (χ1v) is 8.14. The van der Waals surface area contributed by atoms with Crippen LogP contribution in [0.4, 0.5) is 5.69 Å². The van der Waals surface area contributed by atoms with Crippen molar-refractivity contribution in [2.24, 2.45) is 0 Å². The number of fused-ring (bicyclic) bond motifs is 1. The number of imidazole rings is 1. The Hall–Kier alpha value is -2.65. The second kappa shape index (κ2) is 5.21. The van der Waals surface area contributed by atoms with Gasteiger partial charge in [0.15, 0.2) is 5.76 Å². The minimum Gasteiger partial charge on any atom is -0.438 e. The summed E-state index contributed by atoms with van der Waals surface area (Å²) in [5.74, 6) is -0.179. The summed E-state index contributed by atoms with van der Waals surface area (Å²) < 4.78 is 32.0. The van der Waals surface area contributed by atoms with Gasteiger partial charge >= 0.3 is 0 Å². The maximum atomic E-state index is 12.7. The summed E-state index contributed by atoms with van der Waals surface area (Å²) in [5.41, 5.74) is 7.39. The molecule has 23 heavy (non-hydrogen) atoms. The normalized spacial score (nSPS) is 11.9. The molecule has 1 aromatic carbocycles. The van der Waals surface area contributed by atoms with Gasteiger partial charge in [0, 0.05) is 5.69 Å². The fourth-order valence-electron chi connectivity index (χ4n) is 2.26. The van der Waals surface area contributed by atoms with E-state index in [1.807, 2.05) is 0 Å². The van der Waals surface area contributed by atoms with E-state index in [0.29, 0.717) is 22.5 Å². The van der Waals surface area contributed by atoms with Crippen molar-refractivity contribution in [3.05, 3.63) is 41.9 Å². The number of sulfonamides is 1. The maximum Gasteiger partial charge on any atom is 0.299 e. The molecule has 0 radical (unpaired) electrons. The molecule has 120 valence electrons. The number of anilines is 1. The van der Waals surface area contributed by atoms with Gasteiger partial charge in [-0.05, 0) is 44.3 Å². The summed E-state index contributed by atoms with van der Waals surface area (Å²) >= 11 is 0. The van der Waals surface area contributed by atoms with E-state index in [2.05, 4.69) is 9.71 Å². The van der Waals surface area contributed by atoms with E-state index in [-0.39, 0.29) is 10.9 Å². The molecule has 3 rings (SSSR count). The van der Waals surface area contributed by atoms with Gasteiger partial charge in [-0.25, -0.2) is 18.1 Å². The Morgan fingerprint density at radius 3 is 2.74 bits per heavy atom. The first kappa shape index (κ1) is 15.3. The number of nitrogens with zero attached hydrogens (tertiary/aromatic N) is 2. The highest BCUT2D eigenvalue weighted by atomic mass is 32.2. The van der Waals surface area contributed by atoms with Crippen molar-refractivity contribution in [1.29, 1.82) is 0 Å². The summed E-state index contributed by atoms with van der Waals surface area (Å²) in [6, 6.07) is 7.56. The van der Waals surface area contributed by atoms with Crippen molar-refractivity contribution < 1.29 is 17.6 Å². The lowest BCUT2D eigenvalue weighted by Gasteiger charge is -2.03. The number of hydrogen-bond donors (Lipinski definition) is 2. The molecular weight excluding hydrogens is 320 g/mol. The van der Waals surface area contributed by atoms with Gasteiger partial charge in [-0.1, -0.05) is 0 Å². The van der Waals surface area contributed by atoms with E-state index in [1.54, 1.807) is 25.1 Å². The number of aromatic nitrogens is 2. The number of furan rings is 1. The van der Waals surface area contributed by atoms with Crippen LogP contribution in [0, 0.1) is 6.92 Å². The molecule has 2 aromatic heterocycles. The second-order valence-corrected chi connectivity index (χ2v) is 6.69. The van der Waals surface area contributed by atoms with Crippen molar-refractivity contribution in [1.82, 2.24) is 14.3 Å². The maximum absolute atomic E-state index is 12.7. The SMILES string of the molecule is CNS(=O)(=O)c1ccc(C(=O)n2c(C)nc3ccc(N)cc32)o1. The number of carbonyl (C=O) groups is 1. The average molecular weight is 334 g/mol. The number of nitrogens with two attached hydrogens (primary N) is 1. The van der Waals surface area contributed by atoms with Gasteiger partial charge in [-0.3, -0.25) is 9.36 Å². The highest BCUT2D eigenvalue weighted by molar-refractivity contribution is 7.89. The van der Waals surface area contributed by atoms with Crippen molar-refractivity contribution >= 4 is 32.7 Å². The van der Waals surface area contributed by atoms with Crippen LogP contribution < -0.4 is 10.5 Å². The molecule has 0 unspecified atom stereocenters. The number of nitrogen functional groups attached to an aromatic ring is 1. The summed E-state index contributed by atoms with van der Waals surface area (Å²) in [6.45, 7) is 1.67. The quantitative estimate of drug-likeness (QED) is 0.692. The predicted octanol–water partition coefficient (Wildman–Crippen LogP) is 1.12. The van der Waals surface area contributed by atoms with Gasteiger partial charge in [0.1, 0.15) is 5.82 Å². The zero-order chi connectivity index (χ0) is 16.8. The Morgan fingerprint density at radius 2 is 2.04 bits per heavy atom. The molecule has 9 heteroatoms. The highest BCUT2D eigenvalue weighted by Gasteiger charge is 2.23. The zero-order valence-corrected chi connectivity index (χ0v) is 13.2. The minimum atomic E-state index is -3.75. The van der Waals surface area contributed by atoms with Crippen LogP contribution in [0.15, 0.2) is 39.8 Å². The van der Waals surface area contributed by atoms with Crippen molar-refractivity contribution in [3.8, 4) is 0 Å². The van der Waals surface area contributed by atoms with Crippen LogP contribution >= 0.6 is 0 Å². The average Bonchev–Trinajstić information content (AvgIpc) is 3.11. The largest absolute Gasteiger partial charge is 0.438 e. The number of aryl methyl sites for hydroxylation is 1. The molecule has 0 saturated carbocycles. The number of carbonyl (C=O) groups excluding carboxylic acids is 1. The molecule has 0 aliphatic heterocycles.